The van der Waals surface area contributed by atoms with Gasteiger partial charge in [-0.15, -0.1) is 0 Å². The summed E-state index contributed by atoms with van der Waals surface area (Å²) in [5, 5.41) is 0.0237. The summed E-state index contributed by atoms with van der Waals surface area (Å²) >= 11 is 5.66. The van der Waals surface area contributed by atoms with Gasteiger partial charge in [0, 0.05) is 6.54 Å². The molecule has 0 fully saturated rings. The van der Waals surface area contributed by atoms with Crippen LogP contribution in [0.25, 0.3) is 0 Å². The molecule has 0 aliphatic carbocycles. The highest BCUT2D eigenvalue weighted by molar-refractivity contribution is 7.90. The number of nitrogen functional groups attached to an aromatic ring is 1. The van der Waals surface area contributed by atoms with Gasteiger partial charge < -0.3 is 10.3 Å². The number of aromatic nitrogens is 1. The molecule has 0 amide bonds. The van der Waals surface area contributed by atoms with E-state index >= 15 is 0 Å². The molecule has 0 spiro atoms. The summed E-state index contributed by atoms with van der Waals surface area (Å²) in [6.07, 6.45) is 0. The fourth-order valence-corrected chi connectivity index (χ4v) is 3.16. The molecule has 5 nitrogen and oxygen atoms in total. The molecule has 2 rings (SSSR count). The third-order valence-corrected chi connectivity index (χ3v) is 4.16. The van der Waals surface area contributed by atoms with Gasteiger partial charge in [-0.3, -0.25) is 4.79 Å². The van der Waals surface area contributed by atoms with E-state index in [0.717, 1.165) is 0 Å². The monoisotopic (exact) mass is 248 g/mol. The Hall–Kier alpha value is -1.01. The van der Waals surface area contributed by atoms with Crippen molar-refractivity contribution in [3.8, 4) is 0 Å². The van der Waals surface area contributed by atoms with Crippen LogP contribution in [0.1, 0.15) is 5.69 Å². The van der Waals surface area contributed by atoms with E-state index in [4.69, 9.17) is 17.3 Å². The Balaban J connectivity index is 2.72. The van der Waals surface area contributed by atoms with Crippen molar-refractivity contribution in [2.75, 3.05) is 11.5 Å². The second-order valence-corrected chi connectivity index (χ2v) is 6.03. The molecule has 7 heteroatoms. The van der Waals surface area contributed by atoms with Gasteiger partial charge >= 0.3 is 0 Å². The second kappa shape index (κ2) is 3.24. The predicted octanol–water partition coefficient (Wildman–Crippen LogP) is 0.0123. The maximum absolute atomic E-state index is 11.6. The molecule has 0 aromatic carbocycles. The van der Waals surface area contributed by atoms with Crippen LogP contribution in [0, 0.1) is 0 Å². The largest absolute Gasteiger partial charge is 0.397 e. The van der Waals surface area contributed by atoms with Gasteiger partial charge in [0.05, 0.1) is 22.9 Å². The molecule has 15 heavy (non-hydrogen) atoms. The Labute approximate surface area is 91.4 Å². The fourth-order valence-electron chi connectivity index (χ4n) is 1.60. The highest BCUT2D eigenvalue weighted by Gasteiger charge is 2.24. The van der Waals surface area contributed by atoms with Crippen molar-refractivity contribution in [2.45, 2.75) is 12.3 Å². The third kappa shape index (κ3) is 1.74. The zero-order valence-corrected chi connectivity index (χ0v) is 9.31. The Kier molecular flexibility index (Phi) is 2.27. The summed E-state index contributed by atoms with van der Waals surface area (Å²) in [6.45, 7) is 0.126. The van der Waals surface area contributed by atoms with Crippen LogP contribution in [0.3, 0.4) is 0 Å². The van der Waals surface area contributed by atoms with Gasteiger partial charge in [-0.2, -0.15) is 0 Å². The quantitative estimate of drug-likeness (QED) is 0.701. The molecule has 0 bridgehead atoms. The molecule has 0 saturated carbocycles. The number of fused-ring (bicyclic) bond motifs is 1. The first-order valence-electron chi connectivity index (χ1n) is 4.29. The minimum absolute atomic E-state index is 0.0237. The maximum atomic E-state index is 11.6. The third-order valence-electron chi connectivity index (χ3n) is 2.37. The van der Waals surface area contributed by atoms with E-state index in [9.17, 15) is 13.2 Å². The predicted molar refractivity (Wildman–Crippen MR) is 57.6 cm³/mol. The summed E-state index contributed by atoms with van der Waals surface area (Å²) in [7, 11) is -3.13. The molecule has 82 valence electrons. The van der Waals surface area contributed by atoms with Gasteiger partial charge in [0.15, 0.2) is 9.84 Å². The molecule has 2 heterocycles. The number of nitrogens with zero attached hydrogens (tertiary/aromatic N) is 1. The number of sulfone groups is 1. The number of halogens is 1. The highest BCUT2D eigenvalue weighted by atomic mass is 35.5. The lowest BCUT2D eigenvalue weighted by Gasteiger charge is -2.20. The van der Waals surface area contributed by atoms with Gasteiger partial charge in [0.1, 0.15) is 5.02 Å². The zero-order chi connectivity index (χ0) is 11.2. The molecular formula is C8H9ClN2O3S. The number of anilines is 1. The molecule has 1 aromatic rings. The highest BCUT2D eigenvalue weighted by Crippen LogP contribution is 2.20. The average molecular weight is 249 g/mol. The topological polar surface area (TPSA) is 82.2 Å². The summed E-state index contributed by atoms with van der Waals surface area (Å²) in [6, 6.07) is 1.30. The van der Waals surface area contributed by atoms with E-state index in [-0.39, 0.29) is 34.3 Å². The van der Waals surface area contributed by atoms with Crippen molar-refractivity contribution in [3.63, 3.8) is 0 Å². The molecule has 0 atom stereocenters. The molecule has 1 aliphatic heterocycles. The fraction of sp³-hybridized carbons (Fsp3) is 0.375. The Morgan fingerprint density at radius 3 is 2.80 bits per heavy atom. The van der Waals surface area contributed by atoms with E-state index in [1.165, 1.54) is 10.6 Å². The van der Waals surface area contributed by atoms with Gasteiger partial charge in [-0.1, -0.05) is 11.6 Å². The van der Waals surface area contributed by atoms with Gasteiger partial charge in [0.2, 0.25) is 0 Å². The van der Waals surface area contributed by atoms with E-state index < -0.39 is 9.84 Å². The van der Waals surface area contributed by atoms with E-state index in [2.05, 4.69) is 0 Å². The van der Waals surface area contributed by atoms with Crippen LogP contribution < -0.4 is 11.3 Å². The SMILES string of the molecule is Nc1cc(Cl)c(=O)n2c1CS(=O)(=O)CC2. The van der Waals surface area contributed by atoms with Crippen molar-refractivity contribution in [1.29, 1.82) is 0 Å². The standard InChI is InChI=1S/C8H9ClN2O3S/c9-5-3-6(10)7-4-15(13,14)2-1-11(7)8(5)12/h3H,1-2,4,10H2. The van der Waals surface area contributed by atoms with Crippen LogP contribution in [0.15, 0.2) is 10.9 Å². The molecule has 0 unspecified atom stereocenters. The summed E-state index contributed by atoms with van der Waals surface area (Å²) in [4.78, 5) is 11.6. The van der Waals surface area contributed by atoms with Gasteiger partial charge in [-0.25, -0.2) is 8.42 Å². The van der Waals surface area contributed by atoms with Crippen LogP contribution in [-0.2, 0) is 22.1 Å². The average Bonchev–Trinajstić information content (AvgIpc) is 2.13. The summed E-state index contributed by atoms with van der Waals surface area (Å²) in [5.41, 5.74) is 5.84. The van der Waals surface area contributed by atoms with Crippen LogP contribution in [-0.4, -0.2) is 18.7 Å². The molecular weight excluding hydrogens is 240 g/mol. The number of hydrogen-bond donors (Lipinski definition) is 1. The van der Waals surface area contributed by atoms with Gasteiger partial charge in [0.25, 0.3) is 5.56 Å². The van der Waals surface area contributed by atoms with Gasteiger partial charge in [-0.05, 0) is 6.07 Å². The molecule has 0 radical (unpaired) electrons. The number of pyridine rings is 1. The molecule has 1 aliphatic rings. The van der Waals surface area contributed by atoms with E-state index in [0.29, 0.717) is 5.69 Å². The lowest BCUT2D eigenvalue weighted by molar-refractivity contribution is 0.569. The second-order valence-electron chi connectivity index (χ2n) is 3.44. The summed E-state index contributed by atoms with van der Waals surface area (Å²) < 4.78 is 24.0. The first-order chi connectivity index (χ1) is 6.91. The first-order valence-corrected chi connectivity index (χ1v) is 6.49. The van der Waals surface area contributed by atoms with E-state index in [1.54, 1.807) is 0 Å². The van der Waals surface area contributed by atoms with Crippen molar-refractivity contribution in [3.05, 3.63) is 27.1 Å². The van der Waals surface area contributed by atoms with Crippen molar-refractivity contribution in [2.24, 2.45) is 0 Å². The minimum Gasteiger partial charge on any atom is -0.397 e. The van der Waals surface area contributed by atoms with Crippen LogP contribution in [0.4, 0.5) is 5.69 Å². The lowest BCUT2D eigenvalue weighted by Crippen LogP contribution is -2.34. The Morgan fingerprint density at radius 2 is 2.13 bits per heavy atom. The van der Waals surface area contributed by atoms with Crippen LogP contribution in [0.2, 0.25) is 5.02 Å². The van der Waals surface area contributed by atoms with Crippen LogP contribution in [0.5, 0.6) is 0 Å². The molecule has 2 N–H and O–H groups in total. The smallest absolute Gasteiger partial charge is 0.269 e. The van der Waals surface area contributed by atoms with Crippen molar-refractivity contribution >= 4 is 27.1 Å². The number of hydrogen-bond acceptors (Lipinski definition) is 4. The maximum Gasteiger partial charge on any atom is 0.269 e. The normalized spacial score (nSPS) is 18.5. The Bertz CT molecular complexity index is 576. The summed E-state index contributed by atoms with van der Waals surface area (Å²) in [5.74, 6) is -0.231. The Morgan fingerprint density at radius 1 is 1.47 bits per heavy atom. The molecule has 0 saturated heterocycles. The van der Waals surface area contributed by atoms with E-state index in [1.807, 2.05) is 0 Å². The number of nitrogens with two attached hydrogens (primary N) is 1. The van der Waals surface area contributed by atoms with Crippen molar-refractivity contribution < 1.29 is 8.42 Å². The molecule has 1 aromatic heterocycles. The first kappa shape index (κ1) is 10.5. The zero-order valence-electron chi connectivity index (χ0n) is 7.73. The number of rotatable bonds is 0. The van der Waals surface area contributed by atoms with Crippen LogP contribution >= 0.6 is 11.6 Å². The lowest BCUT2D eigenvalue weighted by atomic mass is 10.3. The van der Waals surface area contributed by atoms with Crippen molar-refractivity contribution in [1.82, 2.24) is 4.57 Å². The minimum atomic E-state index is -3.13.